The van der Waals surface area contributed by atoms with Gasteiger partial charge in [0.15, 0.2) is 5.96 Å². The third kappa shape index (κ3) is 4.84. The zero-order valence-electron chi connectivity index (χ0n) is 15.1. The SMILES string of the molecule is NC(N)=N[C@@H]1CN[C@H](C(=O)NNC(=O)C2CC[C@@H]3CN2C(=O)N3OS(=O)(=O)O)C1. The van der Waals surface area contributed by atoms with E-state index < -0.39 is 46.4 Å². The maximum absolute atomic E-state index is 12.4. The number of carbonyl (C=O) groups excluding carboxylic acids is 3. The summed E-state index contributed by atoms with van der Waals surface area (Å²) in [6, 6.07) is -3.27. The van der Waals surface area contributed by atoms with Gasteiger partial charge in [-0.3, -0.25) is 25.0 Å². The number of carbonyl (C=O) groups is 3. The van der Waals surface area contributed by atoms with E-state index in [-0.39, 0.29) is 31.4 Å². The molecule has 0 radical (unpaired) electrons. The predicted molar refractivity (Wildman–Crippen MR) is 95.7 cm³/mol. The number of rotatable bonds is 5. The Kier molecular flexibility index (Phi) is 5.78. The normalized spacial score (nSPS) is 28.9. The Balaban J connectivity index is 1.52. The van der Waals surface area contributed by atoms with Crippen LogP contribution in [0.15, 0.2) is 4.99 Å². The van der Waals surface area contributed by atoms with Gasteiger partial charge in [0.25, 0.3) is 11.8 Å². The topological polar surface area (TPSA) is 222 Å². The monoisotopic (exact) mass is 434 g/mol. The van der Waals surface area contributed by atoms with Crippen molar-refractivity contribution in [1.82, 2.24) is 26.1 Å². The first-order valence-electron chi connectivity index (χ1n) is 8.74. The molecule has 8 N–H and O–H groups in total. The number of urea groups is 1. The molecule has 162 valence electrons. The molecule has 0 spiro atoms. The van der Waals surface area contributed by atoms with E-state index in [1.165, 1.54) is 0 Å². The van der Waals surface area contributed by atoms with Crippen LogP contribution in [-0.2, 0) is 24.3 Å². The van der Waals surface area contributed by atoms with Crippen LogP contribution in [0, 0.1) is 0 Å². The maximum Gasteiger partial charge on any atom is 0.418 e. The van der Waals surface area contributed by atoms with Crippen molar-refractivity contribution in [2.75, 3.05) is 13.1 Å². The first-order valence-corrected chi connectivity index (χ1v) is 10.1. The first kappa shape index (κ1) is 21.0. The molecule has 3 fully saturated rings. The average Bonchev–Trinajstić information content (AvgIpc) is 3.17. The summed E-state index contributed by atoms with van der Waals surface area (Å²) in [5.41, 5.74) is 15.2. The van der Waals surface area contributed by atoms with Gasteiger partial charge in [-0.25, -0.2) is 9.79 Å². The minimum absolute atomic E-state index is 0.0464. The van der Waals surface area contributed by atoms with Crippen LogP contribution < -0.4 is 27.6 Å². The van der Waals surface area contributed by atoms with Crippen molar-refractivity contribution in [2.45, 2.75) is 43.4 Å². The van der Waals surface area contributed by atoms with Gasteiger partial charge in [-0.1, -0.05) is 0 Å². The molecule has 3 aliphatic rings. The summed E-state index contributed by atoms with van der Waals surface area (Å²) in [6.07, 6.45) is 0.836. The number of piperidine rings is 1. The highest BCUT2D eigenvalue weighted by Crippen LogP contribution is 2.30. The van der Waals surface area contributed by atoms with Crippen molar-refractivity contribution in [2.24, 2.45) is 16.5 Å². The van der Waals surface area contributed by atoms with Crippen molar-refractivity contribution < 1.29 is 31.6 Å². The lowest BCUT2D eigenvalue weighted by Gasteiger charge is -2.29. The minimum atomic E-state index is -4.87. The Labute approximate surface area is 165 Å². The molecular weight excluding hydrogens is 412 g/mol. The number of nitrogens with one attached hydrogen (secondary N) is 3. The van der Waals surface area contributed by atoms with E-state index in [1.807, 2.05) is 0 Å². The zero-order valence-corrected chi connectivity index (χ0v) is 16.0. The number of nitrogens with zero attached hydrogens (tertiary/aromatic N) is 3. The molecule has 0 saturated carbocycles. The third-order valence-corrected chi connectivity index (χ3v) is 5.21. The molecule has 0 aromatic rings. The second kappa shape index (κ2) is 7.97. The van der Waals surface area contributed by atoms with Gasteiger partial charge < -0.3 is 21.7 Å². The summed E-state index contributed by atoms with van der Waals surface area (Å²) in [6.45, 7) is 0.449. The molecule has 3 heterocycles. The number of aliphatic imine (C=N–C) groups is 1. The van der Waals surface area contributed by atoms with Crippen LogP contribution in [0.4, 0.5) is 4.79 Å². The van der Waals surface area contributed by atoms with Gasteiger partial charge >= 0.3 is 16.4 Å². The van der Waals surface area contributed by atoms with Crippen LogP contribution in [0.2, 0.25) is 0 Å². The largest absolute Gasteiger partial charge is 0.418 e. The Hall–Kier alpha value is -2.69. The van der Waals surface area contributed by atoms with Crippen LogP contribution in [0.3, 0.4) is 0 Å². The fourth-order valence-electron chi connectivity index (χ4n) is 3.62. The molecule has 4 atom stereocenters. The molecule has 29 heavy (non-hydrogen) atoms. The van der Waals surface area contributed by atoms with Crippen molar-refractivity contribution >= 4 is 34.2 Å². The van der Waals surface area contributed by atoms with Crippen LogP contribution in [-0.4, -0.2) is 84.0 Å². The van der Waals surface area contributed by atoms with Gasteiger partial charge in [0.05, 0.1) is 18.1 Å². The third-order valence-electron chi connectivity index (χ3n) is 4.86. The van der Waals surface area contributed by atoms with E-state index in [0.717, 1.165) is 4.90 Å². The summed E-state index contributed by atoms with van der Waals surface area (Å²) in [7, 11) is -4.87. The van der Waals surface area contributed by atoms with E-state index in [1.54, 1.807) is 0 Å². The number of nitrogens with two attached hydrogens (primary N) is 2. The van der Waals surface area contributed by atoms with E-state index in [0.29, 0.717) is 18.0 Å². The van der Waals surface area contributed by atoms with Crippen molar-refractivity contribution in [3.8, 4) is 0 Å². The van der Waals surface area contributed by atoms with Gasteiger partial charge in [0.1, 0.15) is 6.04 Å². The van der Waals surface area contributed by atoms with Crippen LogP contribution in [0.25, 0.3) is 0 Å². The molecular formula is C13H22N8O7S. The number of hydrazine groups is 1. The molecule has 0 aromatic carbocycles. The Morgan fingerprint density at radius 1 is 1.24 bits per heavy atom. The number of fused-ring (bicyclic) bond motifs is 2. The molecule has 2 bridgehead atoms. The van der Waals surface area contributed by atoms with E-state index >= 15 is 0 Å². The highest BCUT2D eigenvalue weighted by atomic mass is 32.3. The Morgan fingerprint density at radius 3 is 2.59 bits per heavy atom. The number of hydrogen-bond donors (Lipinski definition) is 6. The summed E-state index contributed by atoms with van der Waals surface area (Å²) >= 11 is 0. The van der Waals surface area contributed by atoms with Crippen LogP contribution >= 0.6 is 0 Å². The van der Waals surface area contributed by atoms with Gasteiger partial charge in [0, 0.05) is 13.1 Å². The lowest BCUT2D eigenvalue weighted by Crippen LogP contribution is -2.56. The number of hydrogen-bond acceptors (Lipinski definition) is 8. The smallest absolute Gasteiger partial charge is 0.370 e. The highest BCUT2D eigenvalue weighted by molar-refractivity contribution is 7.80. The molecule has 3 aliphatic heterocycles. The van der Waals surface area contributed by atoms with Crippen LogP contribution in [0.1, 0.15) is 19.3 Å². The molecule has 3 saturated heterocycles. The molecule has 0 aliphatic carbocycles. The summed E-state index contributed by atoms with van der Waals surface area (Å²) < 4.78 is 34.9. The Bertz CT molecular complexity index is 829. The fraction of sp³-hybridized carbons (Fsp3) is 0.692. The molecule has 15 nitrogen and oxygen atoms in total. The molecule has 4 amide bonds. The standard InChI is InChI=1S/C13H22N8O7S/c14-12(15)17-6-3-8(16-4-6)10(22)18-19-11(23)9-2-1-7-5-20(9)13(24)21(7)28-29(25,26)27/h6-9,16H,1-5H2,(H,18,22)(H,19,23)(H4,14,15,17)(H,25,26,27)/t6-,7+,8-,9?/m0/s1. The first-order chi connectivity index (χ1) is 13.5. The fourth-order valence-corrected chi connectivity index (χ4v) is 4.01. The van der Waals surface area contributed by atoms with Gasteiger partial charge in [-0.15, -0.1) is 4.28 Å². The lowest BCUT2D eigenvalue weighted by molar-refractivity contribution is -0.132. The maximum atomic E-state index is 12.4. The summed E-state index contributed by atoms with van der Waals surface area (Å²) in [5.74, 6) is -1.22. The zero-order chi connectivity index (χ0) is 21.3. The Morgan fingerprint density at radius 2 is 1.93 bits per heavy atom. The quantitative estimate of drug-likeness (QED) is 0.107. The van der Waals surface area contributed by atoms with Crippen LogP contribution in [0.5, 0.6) is 0 Å². The summed E-state index contributed by atoms with van der Waals surface area (Å²) in [4.78, 5) is 42.0. The molecule has 0 aromatic heterocycles. The minimum Gasteiger partial charge on any atom is -0.370 e. The molecule has 1 unspecified atom stereocenters. The summed E-state index contributed by atoms with van der Waals surface area (Å²) in [5, 5.41) is 3.46. The molecule has 3 rings (SSSR count). The lowest BCUT2D eigenvalue weighted by atomic mass is 10.0. The second-order valence-electron chi connectivity index (χ2n) is 6.89. The highest BCUT2D eigenvalue weighted by Gasteiger charge is 2.49. The number of amides is 4. The molecule has 16 heteroatoms. The van der Waals surface area contributed by atoms with Gasteiger partial charge in [-0.05, 0) is 19.3 Å². The van der Waals surface area contributed by atoms with Crippen molar-refractivity contribution in [3.63, 3.8) is 0 Å². The van der Waals surface area contributed by atoms with Crippen molar-refractivity contribution in [3.05, 3.63) is 0 Å². The predicted octanol–water partition coefficient (Wildman–Crippen LogP) is -3.86. The second-order valence-corrected chi connectivity index (χ2v) is 7.90. The van der Waals surface area contributed by atoms with Crippen molar-refractivity contribution in [1.29, 1.82) is 0 Å². The van der Waals surface area contributed by atoms with Gasteiger partial charge in [0.2, 0.25) is 0 Å². The average molecular weight is 434 g/mol. The number of guanidine groups is 1. The van der Waals surface area contributed by atoms with Gasteiger partial charge in [-0.2, -0.15) is 13.5 Å². The van der Waals surface area contributed by atoms with E-state index in [9.17, 15) is 22.8 Å². The van der Waals surface area contributed by atoms with E-state index in [4.69, 9.17) is 16.0 Å². The number of hydroxylamine groups is 2. The van der Waals surface area contributed by atoms with E-state index in [2.05, 4.69) is 25.4 Å².